The fourth-order valence-corrected chi connectivity index (χ4v) is 2.98. The van der Waals surface area contributed by atoms with E-state index in [1.54, 1.807) is 12.1 Å². The molecular formula is C22H19FN4. The molecule has 0 aliphatic rings. The van der Waals surface area contributed by atoms with E-state index < -0.39 is 5.95 Å². The van der Waals surface area contributed by atoms with Gasteiger partial charge in [-0.1, -0.05) is 66.7 Å². The Hall–Kier alpha value is -3.47. The van der Waals surface area contributed by atoms with Crippen molar-refractivity contribution in [2.24, 2.45) is 0 Å². The van der Waals surface area contributed by atoms with Crippen molar-refractivity contribution in [2.45, 2.75) is 13.1 Å². The summed E-state index contributed by atoms with van der Waals surface area (Å²) in [6, 6.07) is 25.0. The molecule has 0 amide bonds. The highest BCUT2D eigenvalue weighted by Crippen LogP contribution is 2.23. The molecule has 2 aromatic carbocycles. The smallest absolute Gasteiger partial charge is 0.214 e. The highest BCUT2D eigenvalue weighted by Gasteiger charge is 2.12. The van der Waals surface area contributed by atoms with Crippen LogP contribution in [0.1, 0.15) is 11.1 Å². The zero-order valence-corrected chi connectivity index (χ0v) is 14.7. The van der Waals surface area contributed by atoms with Crippen LogP contribution in [0.5, 0.6) is 0 Å². The molecule has 0 saturated heterocycles. The maximum Gasteiger partial charge on any atom is 0.214 e. The minimum Gasteiger partial charge on any atom is -0.366 e. The largest absolute Gasteiger partial charge is 0.366 e. The molecule has 0 unspecified atom stereocenters. The van der Waals surface area contributed by atoms with Gasteiger partial charge in [0.25, 0.3) is 0 Å². The van der Waals surface area contributed by atoms with Crippen molar-refractivity contribution in [3.63, 3.8) is 0 Å². The number of halogens is 1. The van der Waals surface area contributed by atoms with E-state index in [9.17, 15) is 4.39 Å². The van der Waals surface area contributed by atoms with Crippen molar-refractivity contribution >= 4 is 5.82 Å². The van der Waals surface area contributed by atoms with Crippen LogP contribution >= 0.6 is 0 Å². The Morgan fingerprint density at radius 2 is 1.59 bits per heavy atom. The van der Waals surface area contributed by atoms with E-state index in [1.165, 1.54) is 11.6 Å². The number of hydrogen-bond donors (Lipinski definition) is 1. The van der Waals surface area contributed by atoms with Gasteiger partial charge in [0.2, 0.25) is 5.95 Å². The lowest BCUT2D eigenvalue weighted by molar-refractivity contribution is 0.585. The second-order valence-electron chi connectivity index (χ2n) is 6.25. The number of nitrogens with one attached hydrogen (secondary N) is 1. The molecule has 1 N–H and O–H groups in total. The Kier molecular flexibility index (Phi) is 4.92. The van der Waals surface area contributed by atoms with Crippen molar-refractivity contribution in [3.05, 3.63) is 102 Å². The Labute approximate surface area is 157 Å². The number of benzene rings is 2. The standard InChI is InChI=1S/C22H19FN4/c23-20-12-7-13-21(25-20)24-14-19-16-27(15-17-8-3-1-4-9-17)26-22(19)18-10-5-2-6-11-18/h1-13,16H,14-15H2,(H,24,25). The topological polar surface area (TPSA) is 42.7 Å². The molecule has 0 fully saturated rings. The average molecular weight is 358 g/mol. The van der Waals surface area contributed by atoms with Gasteiger partial charge in [-0.05, 0) is 17.7 Å². The number of pyridine rings is 1. The van der Waals surface area contributed by atoms with Crippen LogP contribution in [0, 0.1) is 5.95 Å². The molecule has 4 aromatic rings. The van der Waals surface area contributed by atoms with Crippen LogP contribution in [0.25, 0.3) is 11.3 Å². The summed E-state index contributed by atoms with van der Waals surface area (Å²) in [5.41, 5.74) is 4.18. The van der Waals surface area contributed by atoms with Crippen molar-refractivity contribution in [2.75, 3.05) is 5.32 Å². The summed E-state index contributed by atoms with van der Waals surface area (Å²) >= 11 is 0. The highest BCUT2D eigenvalue weighted by atomic mass is 19.1. The number of anilines is 1. The zero-order chi connectivity index (χ0) is 18.5. The van der Waals surface area contributed by atoms with Gasteiger partial charge in [-0.25, -0.2) is 4.98 Å². The summed E-state index contributed by atoms with van der Waals surface area (Å²) in [6.45, 7) is 1.20. The molecule has 0 aliphatic carbocycles. The van der Waals surface area contributed by atoms with Crippen LogP contribution in [0.4, 0.5) is 10.2 Å². The van der Waals surface area contributed by atoms with Crippen molar-refractivity contribution in [3.8, 4) is 11.3 Å². The van der Waals surface area contributed by atoms with E-state index in [-0.39, 0.29) is 0 Å². The first-order chi connectivity index (χ1) is 13.3. The first kappa shape index (κ1) is 17.0. The van der Waals surface area contributed by atoms with Gasteiger partial charge in [0, 0.05) is 23.9 Å². The molecule has 4 rings (SSSR count). The van der Waals surface area contributed by atoms with Gasteiger partial charge in [-0.2, -0.15) is 9.49 Å². The lowest BCUT2D eigenvalue weighted by Gasteiger charge is -2.06. The molecule has 4 nitrogen and oxygen atoms in total. The first-order valence-corrected chi connectivity index (χ1v) is 8.80. The predicted molar refractivity (Wildman–Crippen MR) is 105 cm³/mol. The lowest BCUT2D eigenvalue weighted by atomic mass is 10.1. The van der Waals surface area contributed by atoms with Crippen molar-refractivity contribution < 1.29 is 4.39 Å². The Morgan fingerprint density at radius 1 is 0.852 bits per heavy atom. The zero-order valence-electron chi connectivity index (χ0n) is 14.7. The fourth-order valence-electron chi connectivity index (χ4n) is 2.98. The van der Waals surface area contributed by atoms with Gasteiger partial charge in [0.1, 0.15) is 5.82 Å². The van der Waals surface area contributed by atoms with Crippen LogP contribution < -0.4 is 5.32 Å². The summed E-state index contributed by atoms with van der Waals surface area (Å²) in [7, 11) is 0. The molecule has 0 aliphatic heterocycles. The van der Waals surface area contributed by atoms with Crippen LogP contribution in [0.3, 0.4) is 0 Å². The number of aromatic nitrogens is 3. The molecular weight excluding hydrogens is 339 g/mol. The summed E-state index contributed by atoms with van der Waals surface area (Å²) < 4.78 is 15.3. The van der Waals surface area contributed by atoms with Crippen molar-refractivity contribution in [1.82, 2.24) is 14.8 Å². The van der Waals surface area contributed by atoms with Gasteiger partial charge in [-0.15, -0.1) is 0 Å². The Balaban J connectivity index is 1.61. The Morgan fingerprint density at radius 3 is 2.33 bits per heavy atom. The van der Waals surface area contributed by atoms with Crippen LogP contribution in [-0.2, 0) is 13.1 Å². The van der Waals surface area contributed by atoms with Gasteiger partial charge < -0.3 is 5.32 Å². The van der Waals surface area contributed by atoms with E-state index >= 15 is 0 Å². The second kappa shape index (κ2) is 7.83. The molecule has 0 atom stereocenters. The first-order valence-electron chi connectivity index (χ1n) is 8.80. The maximum absolute atomic E-state index is 13.3. The summed E-state index contributed by atoms with van der Waals surface area (Å²) in [4.78, 5) is 3.86. The summed E-state index contributed by atoms with van der Waals surface area (Å²) in [5, 5.41) is 7.97. The normalized spacial score (nSPS) is 10.7. The average Bonchev–Trinajstić information content (AvgIpc) is 3.10. The molecule has 5 heteroatoms. The van der Waals surface area contributed by atoms with Gasteiger partial charge in [0.05, 0.1) is 12.2 Å². The number of hydrogen-bond acceptors (Lipinski definition) is 3. The minimum absolute atomic E-state index is 0.497. The third-order valence-corrected chi connectivity index (χ3v) is 4.25. The molecule has 0 spiro atoms. The SMILES string of the molecule is Fc1cccc(NCc2cn(Cc3ccccc3)nc2-c2ccccc2)n1. The Bertz CT molecular complexity index is 1010. The second-order valence-corrected chi connectivity index (χ2v) is 6.25. The molecule has 2 heterocycles. The third kappa shape index (κ3) is 4.20. The minimum atomic E-state index is -0.497. The monoisotopic (exact) mass is 358 g/mol. The molecule has 0 bridgehead atoms. The molecule has 0 radical (unpaired) electrons. The van der Waals surface area contributed by atoms with Gasteiger partial charge >= 0.3 is 0 Å². The van der Waals surface area contributed by atoms with E-state index in [4.69, 9.17) is 5.10 Å². The van der Waals surface area contributed by atoms with E-state index in [2.05, 4.69) is 22.4 Å². The van der Waals surface area contributed by atoms with Crippen LogP contribution in [0.2, 0.25) is 0 Å². The quantitative estimate of drug-likeness (QED) is 0.506. The van der Waals surface area contributed by atoms with E-state index in [0.717, 1.165) is 16.8 Å². The molecule has 0 saturated carbocycles. The fraction of sp³-hybridized carbons (Fsp3) is 0.0909. The lowest BCUT2D eigenvalue weighted by Crippen LogP contribution is -2.02. The summed E-state index contributed by atoms with van der Waals surface area (Å²) in [5.74, 6) is 0.00729. The van der Waals surface area contributed by atoms with Gasteiger partial charge in [0.15, 0.2) is 0 Å². The third-order valence-electron chi connectivity index (χ3n) is 4.25. The number of rotatable bonds is 6. The molecule has 27 heavy (non-hydrogen) atoms. The van der Waals surface area contributed by atoms with Crippen LogP contribution in [0.15, 0.2) is 85.1 Å². The number of nitrogens with zero attached hydrogens (tertiary/aromatic N) is 3. The predicted octanol–water partition coefficient (Wildman–Crippen LogP) is 4.74. The van der Waals surface area contributed by atoms with Gasteiger partial charge in [-0.3, -0.25) is 4.68 Å². The van der Waals surface area contributed by atoms with Crippen molar-refractivity contribution in [1.29, 1.82) is 0 Å². The highest BCUT2D eigenvalue weighted by molar-refractivity contribution is 5.63. The molecule has 2 aromatic heterocycles. The van der Waals surface area contributed by atoms with E-state index in [1.807, 2.05) is 59.4 Å². The van der Waals surface area contributed by atoms with Crippen LogP contribution in [-0.4, -0.2) is 14.8 Å². The molecule has 134 valence electrons. The maximum atomic E-state index is 13.3. The summed E-state index contributed by atoms with van der Waals surface area (Å²) in [6.07, 6.45) is 2.03. The van der Waals surface area contributed by atoms with E-state index in [0.29, 0.717) is 18.9 Å².